The average molecular weight is 300 g/mol. The first-order valence-corrected chi connectivity index (χ1v) is 8.54. The molecule has 0 bridgehead atoms. The van der Waals surface area contributed by atoms with Crippen molar-refractivity contribution < 1.29 is 9.47 Å². The zero-order chi connectivity index (χ0) is 15.7. The lowest BCUT2D eigenvalue weighted by molar-refractivity contribution is 0.0974. The monoisotopic (exact) mass is 300 g/mol. The van der Waals surface area contributed by atoms with Crippen molar-refractivity contribution >= 4 is 0 Å². The zero-order valence-electron chi connectivity index (χ0n) is 14.5. The van der Waals surface area contributed by atoms with Crippen LogP contribution in [0.3, 0.4) is 0 Å². The Morgan fingerprint density at radius 2 is 1.81 bits per heavy atom. The first-order chi connectivity index (χ1) is 10.1. The fourth-order valence-corrected chi connectivity index (χ4v) is 3.42. The van der Waals surface area contributed by atoms with E-state index in [4.69, 9.17) is 15.2 Å². The van der Waals surface area contributed by atoms with Crippen molar-refractivity contribution in [3.8, 4) is 0 Å². The van der Waals surface area contributed by atoms with Gasteiger partial charge in [0.05, 0.1) is 6.61 Å². The maximum atomic E-state index is 6.39. The summed E-state index contributed by atoms with van der Waals surface area (Å²) in [6, 6.07) is 0.368. The molecule has 1 fully saturated rings. The van der Waals surface area contributed by atoms with Gasteiger partial charge in [-0.2, -0.15) is 0 Å². The van der Waals surface area contributed by atoms with Crippen molar-refractivity contribution in [3.05, 3.63) is 0 Å². The number of hydrogen-bond donors (Lipinski definition) is 1. The van der Waals surface area contributed by atoms with Gasteiger partial charge >= 0.3 is 0 Å². The highest BCUT2D eigenvalue weighted by Gasteiger charge is 2.30. The molecule has 4 nitrogen and oxygen atoms in total. The molecule has 0 heterocycles. The minimum absolute atomic E-state index is 0.368. The Hall–Kier alpha value is -0.160. The van der Waals surface area contributed by atoms with E-state index < -0.39 is 0 Å². The van der Waals surface area contributed by atoms with Crippen LogP contribution in [0, 0.1) is 17.8 Å². The van der Waals surface area contributed by atoms with Crippen LogP contribution in [0.1, 0.15) is 39.5 Å². The van der Waals surface area contributed by atoms with Crippen LogP contribution in [0.4, 0.5) is 0 Å². The Morgan fingerprint density at radius 1 is 1.10 bits per heavy atom. The summed E-state index contributed by atoms with van der Waals surface area (Å²) in [5, 5.41) is 0. The Morgan fingerprint density at radius 3 is 2.43 bits per heavy atom. The van der Waals surface area contributed by atoms with Gasteiger partial charge in [0.2, 0.25) is 0 Å². The maximum Gasteiger partial charge on any atom is 0.0589 e. The quantitative estimate of drug-likeness (QED) is 0.629. The van der Waals surface area contributed by atoms with Gasteiger partial charge < -0.3 is 20.1 Å². The Kier molecular flexibility index (Phi) is 9.49. The van der Waals surface area contributed by atoms with Gasteiger partial charge in [-0.05, 0) is 43.4 Å². The number of ether oxygens (including phenoxy) is 2. The Labute approximate surface area is 131 Å². The highest BCUT2D eigenvalue weighted by atomic mass is 16.5. The van der Waals surface area contributed by atoms with Gasteiger partial charge in [-0.15, -0.1) is 0 Å². The van der Waals surface area contributed by atoms with E-state index in [1.165, 1.54) is 19.3 Å². The summed E-state index contributed by atoms with van der Waals surface area (Å²) in [4.78, 5) is 2.51. The van der Waals surface area contributed by atoms with E-state index >= 15 is 0 Å². The number of rotatable bonds is 10. The molecule has 3 unspecified atom stereocenters. The van der Waals surface area contributed by atoms with Crippen LogP contribution in [0.25, 0.3) is 0 Å². The normalized spacial score (nSPS) is 26.7. The van der Waals surface area contributed by atoms with E-state index in [9.17, 15) is 0 Å². The molecule has 0 spiro atoms. The second kappa shape index (κ2) is 10.5. The summed E-state index contributed by atoms with van der Waals surface area (Å²) in [5.74, 6) is 2.25. The van der Waals surface area contributed by atoms with Crippen molar-refractivity contribution in [2.45, 2.75) is 45.6 Å². The van der Waals surface area contributed by atoms with Crippen molar-refractivity contribution in [1.82, 2.24) is 4.90 Å². The highest BCUT2D eigenvalue weighted by molar-refractivity contribution is 4.85. The topological polar surface area (TPSA) is 47.7 Å². The second-order valence-electron chi connectivity index (χ2n) is 6.88. The molecule has 1 aliphatic rings. The molecule has 3 atom stereocenters. The van der Waals surface area contributed by atoms with Crippen LogP contribution in [0.15, 0.2) is 0 Å². The molecular weight excluding hydrogens is 264 g/mol. The van der Waals surface area contributed by atoms with Gasteiger partial charge in [0.15, 0.2) is 0 Å². The smallest absolute Gasteiger partial charge is 0.0589 e. The SMILES string of the molecule is COCCCN(CCOC)CC1CC(C(C)C)CCC1N. The van der Waals surface area contributed by atoms with Crippen LogP contribution in [-0.2, 0) is 9.47 Å². The molecule has 0 aromatic carbocycles. The molecule has 2 N–H and O–H groups in total. The molecular formula is C17H36N2O2. The molecule has 0 aliphatic heterocycles. The van der Waals surface area contributed by atoms with E-state index in [-0.39, 0.29) is 0 Å². The third-order valence-electron chi connectivity index (χ3n) is 4.95. The molecule has 0 saturated heterocycles. The third-order valence-corrected chi connectivity index (χ3v) is 4.95. The number of hydrogen-bond acceptors (Lipinski definition) is 4. The van der Waals surface area contributed by atoms with E-state index in [0.29, 0.717) is 12.0 Å². The van der Waals surface area contributed by atoms with Gasteiger partial charge in [-0.25, -0.2) is 0 Å². The molecule has 0 aromatic rings. The van der Waals surface area contributed by atoms with Gasteiger partial charge in [0.25, 0.3) is 0 Å². The molecule has 1 rings (SSSR count). The summed E-state index contributed by atoms with van der Waals surface area (Å²) in [7, 11) is 3.54. The second-order valence-corrected chi connectivity index (χ2v) is 6.88. The number of nitrogens with zero attached hydrogens (tertiary/aromatic N) is 1. The molecule has 0 aromatic heterocycles. The van der Waals surface area contributed by atoms with E-state index in [0.717, 1.165) is 51.1 Å². The molecule has 4 heteroatoms. The molecule has 126 valence electrons. The van der Waals surface area contributed by atoms with Crippen LogP contribution in [0.2, 0.25) is 0 Å². The lowest BCUT2D eigenvalue weighted by Gasteiger charge is -2.38. The van der Waals surface area contributed by atoms with Gasteiger partial charge in [-0.1, -0.05) is 13.8 Å². The third kappa shape index (κ3) is 7.09. The van der Waals surface area contributed by atoms with Crippen molar-refractivity contribution in [1.29, 1.82) is 0 Å². The molecule has 0 radical (unpaired) electrons. The first-order valence-electron chi connectivity index (χ1n) is 8.54. The van der Waals surface area contributed by atoms with E-state index in [2.05, 4.69) is 18.7 Å². The zero-order valence-corrected chi connectivity index (χ0v) is 14.5. The fourth-order valence-electron chi connectivity index (χ4n) is 3.42. The predicted molar refractivity (Wildman–Crippen MR) is 88.5 cm³/mol. The Balaban J connectivity index is 2.48. The van der Waals surface area contributed by atoms with Gasteiger partial charge in [0.1, 0.15) is 0 Å². The first kappa shape index (κ1) is 18.9. The van der Waals surface area contributed by atoms with E-state index in [1.807, 2.05) is 0 Å². The summed E-state index contributed by atoms with van der Waals surface area (Å²) in [5.41, 5.74) is 6.39. The average Bonchev–Trinajstić information content (AvgIpc) is 2.46. The summed E-state index contributed by atoms with van der Waals surface area (Å²) in [6.45, 7) is 9.50. The van der Waals surface area contributed by atoms with E-state index in [1.54, 1.807) is 14.2 Å². The minimum atomic E-state index is 0.368. The minimum Gasteiger partial charge on any atom is -0.385 e. The lowest BCUT2D eigenvalue weighted by Crippen LogP contribution is -2.45. The van der Waals surface area contributed by atoms with Gasteiger partial charge in [0, 0.05) is 46.5 Å². The van der Waals surface area contributed by atoms with Crippen molar-refractivity contribution in [2.75, 3.05) is 47.1 Å². The van der Waals surface area contributed by atoms with Crippen LogP contribution in [-0.4, -0.2) is 58.0 Å². The number of nitrogens with two attached hydrogens (primary N) is 1. The molecule has 1 aliphatic carbocycles. The predicted octanol–water partition coefficient (Wildman–Crippen LogP) is 2.37. The Bertz CT molecular complexity index is 261. The summed E-state index contributed by atoms with van der Waals surface area (Å²) < 4.78 is 10.4. The molecule has 0 amide bonds. The maximum absolute atomic E-state index is 6.39. The van der Waals surface area contributed by atoms with Crippen LogP contribution < -0.4 is 5.73 Å². The van der Waals surface area contributed by atoms with Crippen LogP contribution in [0.5, 0.6) is 0 Å². The largest absolute Gasteiger partial charge is 0.385 e. The number of methoxy groups -OCH3 is 2. The van der Waals surface area contributed by atoms with Crippen LogP contribution >= 0.6 is 0 Å². The van der Waals surface area contributed by atoms with Gasteiger partial charge in [-0.3, -0.25) is 0 Å². The summed E-state index contributed by atoms with van der Waals surface area (Å²) >= 11 is 0. The lowest BCUT2D eigenvalue weighted by atomic mass is 9.73. The standard InChI is InChI=1S/C17H36N2O2/c1-14(2)15-6-7-17(18)16(12-15)13-19(9-11-21-4)8-5-10-20-3/h14-17H,5-13,18H2,1-4H3. The highest BCUT2D eigenvalue weighted by Crippen LogP contribution is 2.33. The van der Waals surface area contributed by atoms with Crippen molar-refractivity contribution in [2.24, 2.45) is 23.5 Å². The summed E-state index contributed by atoms with van der Waals surface area (Å²) in [6.07, 6.45) is 4.85. The molecule has 21 heavy (non-hydrogen) atoms. The fraction of sp³-hybridized carbons (Fsp3) is 1.00. The molecule has 1 saturated carbocycles. The van der Waals surface area contributed by atoms with Crippen molar-refractivity contribution in [3.63, 3.8) is 0 Å².